The van der Waals surface area contributed by atoms with Crippen molar-refractivity contribution in [2.24, 2.45) is 0 Å². The number of alkyl halides is 3. The first kappa shape index (κ1) is 23.5. The van der Waals surface area contributed by atoms with E-state index in [-0.39, 0.29) is 37.4 Å². The summed E-state index contributed by atoms with van der Waals surface area (Å²) in [5.74, 6) is 1.04. The van der Waals surface area contributed by atoms with Gasteiger partial charge in [-0.1, -0.05) is 18.2 Å². The summed E-state index contributed by atoms with van der Waals surface area (Å²) in [6.07, 6.45) is -4.22. The van der Waals surface area contributed by atoms with Gasteiger partial charge in [-0.05, 0) is 61.5 Å². The van der Waals surface area contributed by atoms with Gasteiger partial charge in [-0.15, -0.1) is 0 Å². The van der Waals surface area contributed by atoms with E-state index < -0.39 is 11.7 Å². The summed E-state index contributed by atoms with van der Waals surface area (Å²) in [6.45, 7) is 2.85. The quantitative estimate of drug-likeness (QED) is 0.448. The van der Waals surface area contributed by atoms with E-state index >= 15 is 0 Å². The lowest BCUT2D eigenvalue weighted by molar-refractivity contribution is -0.138. The fourth-order valence-corrected chi connectivity index (χ4v) is 3.49. The fourth-order valence-electron chi connectivity index (χ4n) is 3.27. The van der Waals surface area contributed by atoms with E-state index in [1.165, 1.54) is 12.1 Å². The number of amides is 1. The Kier molecular flexibility index (Phi) is 7.68. The smallest absolute Gasteiger partial charge is 0.416 e. The number of benzene rings is 2. The minimum absolute atomic E-state index is 0.0873. The van der Waals surface area contributed by atoms with Gasteiger partial charge in [0, 0.05) is 25.1 Å². The molecule has 0 fully saturated rings. The normalized spacial score (nSPS) is 11.4. The summed E-state index contributed by atoms with van der Waals surface area (Å²) in [6, 6.07) is 12.7. The largest absolute Gasteiger partial charge is 0.494 e. The minimum atomic E-state index is -4.42. The molecule has 3 aromatic rings. The van der Waals surface area contributed by atoms with E-state index in [4.69, 9.17) is 17.0 Å². The van der Waals surface area contributed by atoms with Crippen LogP contribution in [0, 0.1) is 4.77 Å². The summed E-state index contributed by atoms with van der Waals surface area (Å²) in [5.41, 5.74) is 0.277. The Morgan fingerprint density at radius 2 is 1.91 bits per heavy atom. The van der Waals surface area contributed by atoms with E-state index in [1.54, 1.807) is 10.6 Å². The average molecular weight is 465 g/mol. The Bertz CT molecular complexity index is 1110. The van der Waals surface area contributed by atoms with Gasteiger partial charge in [-0.3, -0.25) is 14.5 Å². The molecule has 3 rings (SSSR count). The van der Waals surface area contributed by atoms with Crippen LogP contribution in [-0.2, 0) is 23.9 Å². The minimum Gasteiger partial charge on any atom is -0.494 e. The molecule has 0 atom stereocenters. The van der Waals surface area contributed by atoms with Gasteiger partial charge in [0.05, 0.1) is 12.2 Å². The van der Waals surface area contributed by atoms with Crippen molar-refractivity contribution in [2.75, 3.05) is 13.2 Å². The maximum Gasteiger partial charge on any atom is 0.416 e. The molecule has 0 unspecified atom stereocenters. The third-order valence-electron chi connectivity index (χ3n) is 4.78. The molecule has 170 valence electrons. The van der Waals surface area contributed by atoms with E-state index in [0.717, 1.165) is 17.4 Å². The fraction of sp³-hybridized carbons (Fsp3) is 0.318. The molecule has 2 aromatic carbocycles. The predicted molar refractivity (Wildman–Crippen MR) is 117 cm³/mol. The Labute approximate surface area is 188 Å². The maximum atomic E-state index is 13.1. The Morgan fingerprint density at radius 3 is 2.59 bits per heavy atom. The van der Waals surface area contributed by atoms with Crippen molar-refractivity contribution in [3.8, 4) is 17.1 Å². The summed E-state index contributed by atoms with van der Waals surface area (Å²) >= 11 is 5.27. The van der Waals surface area contributed by atoms with Gasteiger partial charge in [0.2, 0.25) is 5.91 Å². The van der Waals surface area contributed by atoms with E-state index in [0.29, 0.717) is 17.2 Å². The van der Waals surface area contributed by atoms with Crippen molar-refractivity contribution in [3.63, 3.8) is 0 Å². The Morgan fingerprint density at radius 1 is 1.19 bits per heavy atom. The van der Waals surface area contributed by atoms with Gasteiger partial charge in [0.25, 0.3) is 0 Å². The number of nitrogens with zero attached hydrogens (tertiary/aromatic N) is 2. The number of rotatable bonds is 9. The van der Waals surface area contributed by atoms with Crippen molar-refractivity contribution in [1.29, 1.82) is 0 Å². The molecule has 0 spiro atoms. The summed E-state index contributed by atoms with van der Waals surface area (Å²) in [7, 11) is 0. The molecule has 0 saturated carbocycles. The van der Waals surface area contributed by atoms with Crippen LogP contribution in [0.1, 0.15) is 24.5 Å². The van der Waals surface area contributed by atoms with Crippen LogP contribution in [0.3, 0.4) is 0 Å². The zero-order valence-corrected chi connectivity index (χ0v) is 18.2. The van der Waals surface area contributed by atoms with Gasteiger partial charge in [0.1, 0.15) is 5.75 Å². The molecule has 0 aliphatic heterocycles. The SMILES string of the molecule is CCOc1ccc(-c2n[nH]c(=S)n2CCC(=O)NCCc2ccccc2C(F)(F)F)cc1. The molecule has 0 bridgehead atoms. The standard InChI is InChI=1S/C22H23F3N4O2S/c1-2-31-17-9-7-16(8-10-17)20-27-28-21(32)29(20)14-12-19(30)26-13-11-15-5-3-4-6-18(15)22(23,24)25/h3-10H,2,11-14H2,1H3,(H,26,30)(H,28,32). The van der Waals surface area contributed by atoms with Crippen LogP contribution in [0.15, 0.2) is 48.5 Å². The summed E-state index contributed by atoms with van der Waals surface area (Å²) < 4.78 is 46.7. The second-order valence-electron chi connectivity index (χ2n) is 6.97. The number of hydrogen-bond acceptors (Lipinski definition) is 4. The molecular formula is C22H23F3N4O2S. The average Bonchev–Trinajstić information content (AvgIpc) is 3.13. The molecule has 1 heterocycles. The highest BCUT2D eigenvalue weighted by Gasteiger charge is 2.32. The molecule has 2 N–H and O–H groups in total. The number of nitrogens with one attached hydrogen (secondary N) is 2. The number of carbonyl (C=O) groups excluding carboxylic acids is 1. The third kappa shape index (κ3) is 5.97. The molecule has 6 nitrogen and oxygen atoms in total. The van der Waals surface area contributed by atoms with Crippen molar-refractivity contribution < 1.29 is 22.7 Å². The predicted octanol–water partition coefficient (Wildman–Crippen LogP) is 4.77. The lowest BCUT2D eigenvalue weighted by Crippen LogP contribution is -2.27. The molecule has 32 heavy (non-hydrogen) atoms. The van der Waals surface area contributed by atoms with Crippen LogP contribution < -0.4 is 10.1 Å². The number of hydrogen-bond donors (Lipinski definition) is 2. The number of H-pyrrole nitrogens is 1. The van der Waals surface area contributed by atoms with E-state index in [1.807, 2.05) is 31.2 Å². The Balaban J connectivity index is 1.57. The topological polar surface area (TPSA) is 71.9 Å². The second-order valence-corrected chi connectivity index (χ2v) is 7.35. The van der Waals surface area contributed by atoms with Crippen molar-refractivity contribution in [2.45, 2.75) is 32.5 Å². The highest BCUT2D eigenvalue weighted by atomic mass is 32.1. The van der Waals surface area contributed by atoms with Gasteiger partial charge >= 0.3 is 6.18 Å². The highest BCUT2D eigenvalue weighted by molar-refractivity contribution is 7.71. The molecular weight excluding hydrogens is 441 g/mol. The van der Waals surface area contributed by atoms with Gasteiger partial charge < -0.3 is 10.1 Å². The molecule has 10 heteroatoms. The number of halogens is 3. The third-order valence-corrected chi connectivity index (χ3v) is 5.10. The highest BCUT2D eigenvalue weighted by Crippen LogP contribution is 2.31. The van der Waals surface area contributed by atoms with Crippen LogP contribution in [0.25, 0.3) is 11.4 Å². The first-order valence-electron chi connectivity index (χ1n) is 10.1. The number of ether oxygens (including phenoxy) is 1. The van der Waals surface area contributed by atoms with Gasteiger partial charge in [0.15, 0.2) is 10.6 Å². The molecule has 1 amide bonds. The number of aromatic nitrogens is 3. The van der Waals surface area contributed by atoms with Crippen LogP contribution in [0.4, 0.5) is 13.2 Å². The van der Waals surface area contributed by atoms with Crippen LogP contribution in [0.5, 0.6) is 5.75 Å². The van der Waals surface area contributed by atoms with Gasteiger partial charge in [-0.25, -0.2) is 0 Å². The number of aromatic amines is 1. The van der Waals surface area contributed by atoms with Crippen LogP contribution in [-0.4, -0.2) is 33.8 Å². The van der Waals surface area contributed by atoms with E-state index in [2.05, 4.69) is 15.5 Å². The first-order valence-corrected chi connectivity index (χ1v) is 10.5. The Hall–Kier alpha value is -3.14. The monoisotopic (exact) mass is 464 g/mol. The summed E-state index contributed by atoms with van der Waals surface area (Å²) in [5, 5.41) is 9.64. The molecule has 1 aromatic heterocycles. The van der Waals surface area contributed by atoms with Gasteiger partial charge in [-0.2, -0.15) is 18.3 Å². The zero-order valence-electron chi connectivity index (χ0n) is 17.4. The van der Waals surface area contributed by atoms with Crippen molar-refractivity contribution >= 4 is 18.1 Å². The van der Waals surface area contributed by atoms with Crippen molar-refractivity contribution in [1.82, 2.24) is 20.1 Å². The zero-order chi connectivity index (χ0) is 23.1. The lowest BCUT2D eigenvalue weighted by Gasteiger charge is -2.13. The second kappa shape index (κ2) is 10.4. The molecule has 0 aliphatic rings. The van der Waals surface area contributed by atoms with Crippen LogP contribution >= 0.6 is 12.2 Å². The van der Waals surface area contributed by atoms with Crippen LogP contribution in [0.2, 0.25) is 0 Å². The van der Waals surface area contributed by atoms with E-state index in [9.17, 15) is 18.0 Å². The summed E-state index contributed by atoms with van der Waals surface area (Å²) in [4.78, 5) is 12.3. The lowest BCUT2D eigenvalue weighted by atomic mass is 10.0. The number of carbonyl (C=O) groups is 1. The molecule has 0 saturated heterocycles. The molecule has 0 aliphatic carbocycles. The molecule has 0 radical (unpaired) electrons. The first-order chi connectivity index (χ1) is 15.3. The van der Waals surface area contributed by atoms with Crippen molar-refractivity contribution in [3.05, 3.63) is 64.4 Å². The maximum absolute atomic E-state index is 13.1.